The van der Waals surface area contributed by atoms with Crippen LogP contribution in [0.1, 0.15) is 18.1 Å². The van der Waals surface area contributed by atoms with Gasteiger partial charge in [0.15, 0.2) is 0 Å². The highest BCUT2D eigenvalue weighted by Crippen LogP contribution is 2.32. The van der Waals surface area contributed by atoms with E-state index >= 15 is 0 Å². The molecular weight excluding hydrogens is 252 g/mol. The van der Waals surface area contributed by atoms with Crippen LogP contribution in [0.15, 0.2) is 36.4 Å². The molecule has 2 N–H and O–H groups in total. The Balaban J connectivity index is 2.11. The van der Waals surface area contributed by atoms with E-state index in [1.807, 2.05) is 19.1 Å². The molecule has 0 bridgehead atoms. The zero-order valence-electron chi connectivity index (χ0n) is 11.1. The highest BCUT2D eigenvalue weighted by Gasteiger charge is 2.07. The lowest BCUT2D eigenvalue weighted by atomic mass is 10.1. The van der Waals surface area contributed by atoms with Gasteiger partial charge < -0.3 is 5.73 Å². The first kappa shape index (κ1) is 12.2. The zero-order chi connectivity index (χ0) is 13.4. The Morgan fingerprint density at radius 3 is 2.74 bits per heavy atom. The number of thiazole rings is 1. The summed E-state index contributed by atoms with van der Waals surface area (Å²) in [6.07, 6.45) is 1.06. The molecule has 1 heterocycles. The molecule has 0 unspecified atom stereocenters. The van der Waals surface area contributed by atoms with Crippen molar-refractivity contribution >= 4 is 27.2 Å². The molecule has 0 aliphatic carbocycles. The molecule has 0 atom stereocenters. The van der Waals surface area contributed by atoms with Gasteiger partial charge in [-0.15, -0.1) is 11.3 Å². The molecule has 0 saturated heterocycles. The Bertz CT molecular complexity index is 744. The molecule has 0 aliphatic rings. The van der Waals surface area contributed by atoms with Crippen LogP contribution in [-0.2, 0) is 6.42 Å². The monoisotopic (exact) mass is 268 g/mol. The van der Waals surface area contributed by atoms with Crippen LogP contribution in [0.25, 0.3) is 20.8 Å². The minimum Gasteiger partial charge on any atom is -0.398 e. The average molecular weight is 268 g/mol. The molecule has 2 nitrogen and oxygen atoms in total. The highest BCUT2D eigenvalue weighted by molar-refractivity contribution is 7.21. The maximum absolute atomic E-state index is 5.97. The van der Waals surface area contributed by atoms with Gasteiger partial charge >= 0.3 is 0 Å². The molecule has 0 fully saturated rings. The summed E-state index contributed by atoms with van der Waals surface area (Å²) in [4.78, 5) is 4.69. The molecule has 0 amide bonds. The standard InChI is InChI=1S/C16H16N2S/c1-3-11-5-7-14-15(8-11)19-16(18-14)12-6-4-10(2)13(17)9-12/h4-9H,3,17H2,1-2H3. The Kier molecular flexibility index (Phi) is 2.99. The SMILES string of the molecule is CCc1ccc2nc(-c3ccc(C)c(N)c3)sc2c1. The van der Waals surface area contributed by atoms with Gasteiger partial charge in [0.1, 0.15) is 5.01 Å². The summed E-state index contributed by atoms with van der Waals surface area (Å²) in [5, 5.41) is 1.04. The normalized spacial score (nSPS) is 11.1. The Morgan fingerprint density at radius 1 is 1.16 bits per heavy atom. The average Bonchev–Trinajstić information content (AvgIpc) is 2.84. The van der Waals surface area contributed by atoms with E-state index in [4.69, 9.17) is 10.7 Å². The summed E-state index contributed by atoms with van der Waals surface area (Å²) in [7, 11) is 0. The molecule has 2 aromatic carbocycles. The van der Waals surface area contributed by atoms with Gasteiger partial charge in [0.05, 0.1) is 10.2 Å². The van der Waals surface area contributed by atoms with Gasteiger partial charge in [-0.05, 0) is 42.7 Å². The second-order valence-corrected chi connectivity index (χ2v) is 5.78. The lowest BCUT2D eigenvalue weighted by molar-refractivity contribution is 1.15. The number of benzene rings is 2. The molecule has 0 spiro atoms. The van der Waals surface area contributed by atoms with Crippen LogP contribution < -0.4 is 5.73 Å². The Hall–Kier alpha value is -1.87. The number of nitrogen functional groups attached to an aromatic ring is 1. The molecule has 3 rings (SSSR count). The lowest BCUT2D eigenvalue weighted by Crippen LogP contribution is -1.89. The number of aryl methyl sites for hydroxylation is 2. The summed E-state index contributed by atoms with van der Waals surface area (Å²) in [5.41, 5.74) is 11.4. The van der Waals surface area contributed by atoms with E-state index in [9.17, 15) is 0 Å². The summed E-state index contributed by atoms with van der Waals surface area (Å²) in [5.74, 6) is 0. The molecule has 3 heteroatoms. The minimum absolute atomic E-state index is 0.825. The number of aromatic nitrogens is 1. The van der Waals surface area contributed by atoms with Crippen molar-refractivity contribution in [2.45, 2.75) is 20.3 Å². The highest BCUT2D eigenvalue weighted by atomic mass is 32.1. The van der Waals surface area contributed by atoms with E-state index in [0.717, 1.165) is 33.8 Å². The number of hydrogen-bond acceptors (Lipinski definition) is 3. The van der Waals surface area contributed by atoms with Crippen molar-refractivity contribution in [3.05, 3.63) is 47.5 Å². The molecule has 0 saturated carbocycles. The van der Waals surface area contributed by atoms with Crippen molar-refractivity contribution < 1.29 is 0 Å². The van der Waals surface area contributed by atoms with Crippen molar-refractivity contribution in [2.24, 2.45) is 0 Å². The van der Waals surface area contributed by atoms with Crippen molar-refractivity contribution in [1.29, 1.82) is 0 Å². The number of hydrogen-bond donors (Lipinski definition) is 1. The Labute approximate surface area is 116 Å². The first-order valence-electron chi connectivity index (χ1n) is 6.43. The van der Waals surface area contributed by atoms with Gasteiger partial charge in [0, 0.05) is 11.3 Å². The van der Waals surface area contributed by atoms with E-state index in [2.05, 4.69) is 31.2 Å². The lowest BCUT2D eigenvalue weighted by Gasteiger charge is -2.01. The second kappa shape index (κ2) is 4.67. The first-order chi connectivity index (χ1) is 9.17. The molecule has 0 aliphatic heterocycles. The van der Waals surface area contributed by atoms with Crippen molar-refractivity contribution in [1.82, 2.24) is 4.98 Å². The topological polar surface area (TPSA) is 38.9 Å². The number of fused-ring (bicyclic) bond motifs is 1. The summed E-state index contributed by atoms with van der Waals surface area (Å²) < 4.78 is 1.24. The molecule has 96 valence electrons. The fourth-order valence-corrected chi connectivity index (χ4v) is 3.11. The van der Waals surface area contributed by atoms with Crippen molar-refractivity contribution in [3.8, 4) is 10.6 Å². The quantitative estimate of drug-likeness (QED) is 0.699. The number of nitrogens with zero attached hydrogens (tertiary/aromatic N) is 1. The molecule has 1 aromatic heterocycles. The smallest absolute Gasteiger partial charge is 0.124 e. The van der Waals surface area contributed by atoms with Crippen LogP contribution in [0, 0.1) is 6.92 Å². The summed E-state index contributed by atoms with van der Waals surface area (Å²) in [6.45, 7) is 4.19. The fourth-order valence-electron chi connectivity index (χ4n) is 2.09. The van der Waals surface area contributed by atoms with Crippen LogP contribution in [-0.4, -0.2) is 4.98 Å². The van der Waals surface area contributed by atoms with Gasteiger partial charge in [0.2, 0.25) is 0 Å². The third kappa shape index (κ3) is 2.22. The third-order valence-corrected chi connectivity index (χ3v) is 4.45. The third-order valence-electron chi connectivity index (χ3n) is 3.39. The molecule has 0 radical (unpaired) electrons. The largest absolute Gasteiger partial charge is 0.398 e. The van der Waals surface area contributed by atoms with E-state index in [1.54, 1.807) is 11.3 Å². The van der Waals surface area contributed by atoms with Gasteiger partial charge in [-0.25, -0.2) is 4.98 Å². The maximum atomic E-state index is 5.97. The van der Waals surface area contributed by atoms with Gasteiger partial charge in [-0.2, -0.15) is 0 Å². The minimum atomic E-state index is 0.825. The van der Waals surface area contributed by atoms with E-state index in [0.29, 0.717) is 0 Å². The van der Waals surface area contributed by atoms with Gasteiger partial charge in [-0.3, -0.25) is 0 Å². The second-order valence-electron chi connectivity index (χ2n) is 4.75. The van der Waals surface area contributed by atoms with Crippen LogP contribution in [0.3, 0.4) is 0 Å². The number of nitrogens with two attached hydrogens (primary N) is 1. The van der Waals surface area contributed by atoms with E-state index in [-0.39, 0.29) is 0 Å². The first-order valence-corrected chi connectivity index (χ1v) is 7.25. The number of rotatable bonds is 2. The van der Waals surface area contributed by atoms with Crippen LogP contribution in [0.5, 0.6) is 0 Å². The van der Waals surface area contributed by atoms with Crippen LogP contribution >= 0.6 is 11.3 Å². The van der Waals surface area contributed by atoms with Gasteiger partial charge in [-0.1, -0.05) is 25.1 Å². The van der Waals surface area contributed by atoms with E-state index in [1.165, 1.54) is 10.3 Å². The Morgan fingerprint density at radius 2 is 2.00 bits per heavy atom. The van der Waals surface area contributed by atoms with Gasteiger partial charge in [0.25, 0.3) is 0 Å². The van der Waals surface area contributed by atoms with Crippen molar-refractivity contribution in [3.63, 3.8) is 0 Å². The predicted octanol–water partition coefficient (Wildman–Crippen LogP) is 4.42. The molecule has 19 heavy (non-hydrogen) atoms. The zero-order valence-corrected chi connectivity index (χ0v) is 11.9. The molecule has 3 aromatic rings. The summed E-state index contributed by atoms with van der Waals surface area (Å²) >= 11 is 1.73. The fraction of sp³-hybridized carbons (Fsp3) is 0.188. The van der Waals surface area contributed by atoms with E-state index < -0.39 is 0 Å². The van der Waals surface area contributed by atoms with Crippen molar-refractivity contribution in [2.75, 3.05) is 5.73 Å². The predicted molar refractivity (Wildman–Crippen MR) is 83.6 cm³/mol. The van der Waals surface area contributed by atoms with Crippen LogP contribution in [0.4, 0.5) is 5.69 Å². The molecular formula is C16H16N2S. The maximum Gasteiger partial charge on any atom is 0.124 e. The van der Waals surface area contributed by atoms with Crippen LogP contribution in [0.2, 0.25) is 0 Å². The summed E-state index contributed by atoms with van der Waals surface area (Å²) in [6, 6.07) is 12.6. The number of anilines is 1.